The number of nitrogens with zero attached hydrogens (tertiary/aromatic N) is 2. The van der Waals surface area contributed by atoms with Crippen LogP contribution in [0.4, 0.5) is 0 Å². The van der Waals surface area contributed by atoms with Crippen molar-refractivity contribution in [3.05, 3.63) is 0 Å². The molecule has 0 aliphatic carbocycles. The molecule has 0 radical (unpaired) electrons. The van der Waals surface area contributed by atoms with E-state index in [0.717, 1.165) is 24.9 Å². The summed E-state index contributed by atoms with van der Waals surface area (Å²) in [6.07, 6.45) is 2.26. The lowest BCUT2D eigenvalue weighted by Crippen LogP contribution is -2.55. The summed E-state index contributed by atoms with van der Waals surface area (Å²) >= 11 is 0. The van der Waals surface area contributed by atoms with Crippen molar-refractivity contribution < 1.29 is 26.6 Å². The third-order valence-corrected chi connectivity index (χ3v) is 36.3. The van der Waals surface area contributed by atoms with E-state index in [1.54, 1.807) is 21.3 Å². The first kappa shape index (κ1) is 40.0. The topological polar surface area (TPSA) is 61.9 Å². The van der Waals surface area contributed by atoms with Gasteiger partial charge in [-0.25, -0.2) is 0 Å². The van der Waals surface area contributed by atoms with E-state index in [2.05, 4.69) is 60.8 Å². The maximum Gasteiger partial charge on any atom is 0.500 e. The zero-order valence-electron chi connectivity index (χ0n) is 29.5. The lowest BCUT2D eigenvalue weighted by Gasteiger charge is -2.39. The zero-order valence-corrected chi connectivity index (χ0v) is 35.5. The van der Waals surface area contributed by atoms with Gasteiger partial charge in [0.15, 0.2) is 0 Å². The zero-order chi connectivity index (χ0) is 31.6. The smallest absolute Gasteiger partial charge is 0.377 e. The summed E-state index contributed by atoms with van der Waals surface area (Å²) in [5.41, 5.74) is 0. The third kappa shape index (κ3) is 11.4. The first-order valence-electron chi connectivity index (χ1n) is 16.1. The maximum absolute atomic E-state index is 5.98. The Bertz CT molecular complexity index is 701. The van der Waals surface area contributed by atoms with Crippen LogP contribution in [0.1, 0.15) is 33.6 Å². The summed E-state index contributed by atoms with van der Waals surface area (Å²) in [7, 11) is -4.36. The maximum atomic E-state index is 5.98. The van der Waals surface area contributed by atoms with Gasteiger partial charge in [0.25, 0.3) is 0 Å². The molecule has 2 aliphatic heterocycles. The lowest BCUT2D eigenvalue weighted by atomic mass is 10.5. The molecule has 2 rings (SSSR count). The highest BCUT2D eigenvalue weighted by Crippen LogP contribution is 2.38. The quantitative estimate of drug-likeness (QED) is 0.150. The third-order valence-electron chi connectivity index (χ3n) is 9.38. The van der Waals surface area contributed by atoms with E-state index in [1.165, 1.54) is 37.3 Å². The molecule has 0 spiro atoms. The molecule has 14 heteroatoms. The van der Waals surface area contributed by atoms with E-state index >= 15 is 0 Å². The van der Waals surface area contributed by atoms with E-state index in [4.69, 9.17) is 26.6 Å². The van der Waals surface area contributed by atoms with Crippen LogP contribution in [0.25, 0.3) is 0 Å². The Morgan fingerprint density at radius 3 is 1.00 bits per heavy atom. The van der Waals surface area contributed by atoms with Crippen molar-refractivity contribution in [3.8, 4) is 0 Å². The normalized spacial score (nSPS) is 22.1. The van der Waals surface area contributed by atoms with Crippen molar-refractivity contribution in [1.29, 1.82) is 0 Å². The average molecular weight is 685 g/mol. The molecule has 2 aliphatic rings. The standard InChI is InChI=1S/C15H37NO3Si3.C12H31NO3Si3/c1-8-17-22(18-9-2,19-10-3)13-11-12-16-20(4,5)14-15-21(16,6)7;1-14-19(15-2,16-3)10-8-9-13-17(4,5)11-12-18(13,6)7/h8-15H2,1-7H3;8-12H2,1-7H3. The fraction of sp³-hybridized carbons (Fsp3) is 1.00. The predicted octanol–water partition coefficient (Wildman–Crippen LogP) is 7.13. The van der Waals surface area contributed by atoms with Crippen LogP contribution in [0, 0.1) is 0 Å². The van der Waals surface area contributed by atoms with Crippen molar-refractivity contribution in [2.45, 2.75) is 122 Å². The molecule has 0 aromatic heterocycles. The van der Waals surface area contributed by atoms with Gasteiger partial charge in [0, 0.05) is 53.2 Å². The number of hydrogen-bond donors (Lipinski definition) is 0. The van der Waals surface area contributed by atoms with E-state index in [1.807, 2.05) is 20.8 Å². The largest absolute Gasteiger partial charge is 0.500 e. The van der Waals surface area contributed by atoms with Crippen molar-refractivity contribution in [2.75, 3.05) is 54.2 Å². The van der Waals surface area contributed by atoms with Crippen molar-refractivity contribution in [3.63, 3.8) is 0 Å². The minimum atomic E-state index is -2.46. The Balaban J connectivity index is 0.000000414. The molecule has 41 heavy (non-hydrogen) atoms. The van der Waals surface area contributed by atoms with E-state index < -0.39 is 50.6 Å². The highest BCUT2D eigenvalue weighted by atomic mass is 28.4. The minimum absolute atomic E-state index is 0.677. The van der Waals surface area contributed by atoms with E-state index in [9.17, 15) is 0 Å². The molecule has 0 N–H and O–H groups in total. The fourth-order valence-electron chi connectivity index (χ4n) is 7.08. The number of rotatable bonds is 17. The second-order valence-electron chi connectivity index (χ2n) is 14.0. The molecule has 0 unspecified atom stereocenters. The van der Waals surface area contributed by atoms with Crippen molar-refractivity contribution in [1.82, 2.24) is 8.46 Å². The van der Waals surface area contributed by atoms with Crippen LogP contribution >= 0.6 is 0 Å². The Morgan fingerprint density at radius 2 is 0.756 bits per heavy atom. The molecule has 2 saturated heterocycles. The van der Waals surface area contributed by atoms with Gasteiger partial charge in [0.05, 0.1) is 0 Å². The molecule has 0 bridgehead atoms. The van der Waals surface area contributed by atoms with Gasteiger partial charge in [-0.05, 0) is 70.9 Å². The summed E-state index contributed by atoms with van der Waals surface area (Å²) in [6, 6.07) is 7.74. The van der Waals surface area contributed by atoms with Crippen LogP contribution in [0.5, 0.6) is 0 Å². The second kappa shape index (κ2) is 17.1. The van der Waals surface area contributed by atoms with Crippen LogP contribution in [-0.4, -0.2) is 113 Å². The average Bonchev–Trinajstić information content (AvgIpc) is 3.24. The van der Waals surface area contributed by atoms with E-state index in [-0.39, 0.29) is 0 Å². The predicted molar refractivity (Wildman–Crippen MR) is 189 cm³/mol. The van der Waals surface area contributed by atoms with Gasteiger partial charge in [-0.3, -0.25) is 0 Å². The van der Waals surface area contributed by atoms with E-state index in [0.29, 0.717) is 19.8 Å². The van der Waals surface area contributed by atoms with Gasteiger partial charge in [-0.2, -0.15) is 0 Å². The highest BCUT2D eigenvalue weighted by Gasteiger charge is 2.49. The molecule has 0 atom stereocenters. The molecular formula is C27H68N2O6Si6. The SMILES string of the molecule is CCO[Si](CCCN1[Si](C)(C)CC[Si]1(C)C)(OCC)OCC.CO[Si](CCCN1[Si](C)(C)CC[Si]1(C)C)(OC)OC. The van der Waals surface area contributed by atoms with Crippen LogP contribution in [0.2, 0.25) is 88.6 Å². The summed E-state index contributed by atoms with van der Waals surface area (Å²) in [5.74, 6) is 0. The molecule has 0 aromatic carbocycles. The lowest BCUT2D eigenvalue weighted by molar-refractivity contribution is 0.0706. The van der Waals surface area contributed by atoms with Gasteiger partial charge < -0.3 is 35.0 Å². The molecule has 8 nitrogen and oxygen atoms in total. The minimum Gasteiger partial charge on any atom is -0.377 e. The molecule has 246 valence electrons. The van der Waals surface area contributed by atoms with Gasteiger partial charge >= 0.3 is 17.6 Å². The van der Waals surface area contributed by atoms with Crippen molar-refractivity contribution in [2.24, 2.45) is 0 Å². The van der Waals surface area contributed by atoms with Gasteiger partial charge in [-0.1, -0.05) is 52.4 Å². The number of hydrogen-bond acceptors (Lipinski definition) is 8. The fourth-order valence-corrected chi connectivity index (χ4v) is 39.7. The summed E-state index contributed by atoms with van der Waals surface area (Å²) in [5, 5.41) is 0. The Labute approximate surface area is 261 Å². The second-order valence-corrected chi connectivity index (χ2v) is 39.4. The first-order valence-corrected chi connectivity index (χ1v) is 32.6. The van der Waals surface area contributed by atoms with Crippen LogP contribution in [0.15, 0.2) is 0 Å². The summed E-state index contributed by atoms with van der Waals surface area (Å²) < 4.78 is 40.3. The monoisotopic (exact) mass is 684 g/mol. The molecule has 0 saturated carbocycles. The Kier molecular flexibility index (Phi) is 16.6. The van der Waals surface area contributed by atoms with Crippen LogP contribution in [-0.2, 0) is 26.6 Å². The van der Waals surface area contributed by atoms with Crippen molar-refractivity contribution >= 4 is 50.6 Å². The van der Waals surface area contributed by atoms with Crippen LogP contribution in [0.3, 0.4) is 0 Å². The Morgan fingerprint density at radius 1 is 0.488 bits per heavy atom. The highest BCUT2D eigenvalue weighted by molar-refractivity contribution is 6.95. The molecule has 2 fully saturated rings. The van der Waals surface area contributed by atoms with Gasteiger partial charge in [-0.15, -0.1) is 0 Å². The molecule has 0 aromatic rings. The Hall–Kier alpha value is 0.981. The van der Waals surface area contributed by atoms with Gasteiger partial charge in [0.2, 0.25) is 0 Å². The van der Waals surface area contributed by atoms with Gasteiger partial charge in [0.1, 0.15) is 32.9 Å². The summed E-state index contributed by atoms with van der Waals surface area (Å²) in [6.45, 7) is 30.7. The molecule has 2 heterocycles. The molecular weight excluding hydrogens is 617 g/mol. The summed E-state index contributed by atoms with van der Waals surface area (Å²) in [4.78, 5) is 0. The molecule has 0 amide bonds. The first-order chi connectivity index (χ1) is 19.0. The van der Waals surface area contributed by atoms with Crippen LogP contribution < -0.4 is 0 Å².